The Morgan fingerprint density at radius 3 is 2.71 bits per heavy atom. The van der Waals surface area contributed by atoms with Gasteiger partial charge in [0.1, 0.15) is 5.75 Å². The zero-order valence-electron chi connectivity index (χ0n) is 10.4. The highest BCUT2D eigenvalue weighted by Gasteiger charge is 2.09. The molecule has 0 aliphatic heterocycles. The molecule has 0 aromatic heterocycles. The second kappa shape index (κ2) is 6.39. The molecule has 94 valence electrons. The summed E-state index contributed by atoms with van der Waals surface area (Å²) in [4.78, 5) is 12.9. The number of hydrogen-bond donors (Lipinski definition) is 0. The Kier molecular flexibility index (Phi) is 5.44. The van der Waals surface area contributed by atoms with Crippen LogP contribution < -0.4 is 4.90 Å². The minimum Gasteiger partial charge on any atom is -0.615 e. The van der Waals surface area contributed by atoms with Crippen LogP contribution in [-0.2, 0) is 22.0 Å². The van der Waals surface area contributed by atoms with E-state index in [2.05, 4.69) is 8.44 Å². The lowest BCUT2D eigenvalue weighted by Gasteiger charge is -2.17. The van der Waals surface area contributed by atoms with E-state index in [1.165, 1.54) is 12.5 Å². The third kappa shape index (κ3) is 4.30. The zero-order chi connectivity index (χ0) is 13.0. The number of hydrogen-bond acceptors (Lipinski definition) is 2. The van der Waals surface area contributed by atoms with E-state index >= 15 is 0 Å². The van der Waals surface area contributed by atoms with Crippen LogP contribution in [0.4, 0.5) is 5.69 Å². The van der Waals surface area contributed by atoms with Crippen LogP contribution in [0.2, 0.25) is 0 Å². The van der Waals surface area contributed by atoms with Gasteiger partial charge in [0.15, 0.2) is 0 Å². The zero-order valence-corrected chi connectivity index (χ0v) is 12.4. The van der Waals surface area contributed by atoms with Crippen molar-refractivity contribution in [2.45, 2.75) is 20.3 Å². The van der Waals surface area contributed by atoms with Gasteiger partial charge in [-0.15, -0.1) is 0 Å². The third-order valence-electron chi connectivity index (χ3n) is 2.76. The van der Waals surface area contributed by atoms with Crippen molar-refractivity contribution >= 4 is 30.8 Å². The van der Waals surface area contributed by atoms with Gasteiger partial charge in [-0.2, -0.15) is 0 Å². The molecule has 5 heteroatoms. The number of carbonyl (C=O) groups is 1. The van der Waals surface area contributed by atoms with Crippen LogP contribution in [0, 0.1) is 6.92 Å². The molecule has 2 unspecified atom stereocenters. The molecule has 1 aromatic carbocycles. The van der Waals surface area contributed by atoms with E-state index in [0.29, 0.717) is 5.75 Å². The summed E-state index contributed by atoms with van der Waals surface area (Å²) in [7, 11) is 3.19. The highest BCUT2D eigenvalue weighted by molar-refractivity contribution is 8.37. The van der Waals surface area contributed by atoms with Gasteiger partial charge < -0.3 is 9.45 Å². The maximum absolute atomic E-state index is 11.3. The fraction of sp³-hybridized carbons (Fsp3) is 0.417. The van der Waals surface area contributed by atoms with Gasteiger partial charge in [0, 0.05) is 26.1 Å². The van der Waals surface area contributed by atoms with Gasteiger partial charge in [-0.25, -0.2) is 0 Å². The average Bonchev–Trinajstić information content (AvgIpc) is 2.26. The van der Waals surface area contributed by atoms with Crippen molar-refractivity contribution in [2.24, 2.45) is 0 Å². The molecule has 0 saturated heterocycles. The van der Waals surface area contributed by atoms with E-state index in [4.69, 9.17) is 0 Å². The standard InChI is InChI=1S/C12H18NO2PS/c1-9-4-5-12(13(3)10(2)14)8-11(9)6-7-17(15)16/h4-5,8H,6-7,16H2,1-3H3. The minimum absolute atomic E-state index is 0.00873. The van der Waals surface area contributed by atoms with Crippen molar-refractivity contribution in [3.05, 3.63) is 29.3 Å². The summed E-state index contributed by atoms with van der Waals surface area (Å²) >= 11 is 0. The van der Waals surface area contributed by atoms with E-state index in [1.807, 2.05) is 25.1 Å². The lowest BCUT2D eigenvalue weighted by molar-refractivity contribution is -0.116. The Bertz CT molecular complexity index is 409. The van der Waals surface area contributed by atoms with E-state index in [-0.39, 0.29) is 5.91 Å². The first-order valence-electron chi connectivity index (χ1n) is 5.38. The van der Waals surface area contributed by atoms with Crippen molar-refractivity contribution in [1.82, 2.24) is 0 Å². The molecule has 1 amide bonds. The number of amides is 1. The highest BCUT2D eigenvalue weighted by atomic mass is 32.7. The van der Waals surface area contributed by atoms with Gasteiger partial charge in [0.25, 0.3) is 0 Å². The van der Waals surface area contributed by atoms with Crippen LogP contribution in [0.3, 0.4) is 0 Å². The molecule has 3 nitrogen and oxygen atoms in total. The second-order valence-electron chi connectivity index (χ2n) is 4.02. The number of carbonyl (C=O) groups excluding carboxylic acids is 1. The van der Waals surface area contributed by atoms with Gasteiger partial charge in [-0.1, -0.05) is 6.07 Å². The summed E-state index contributed by atoms with van der Waals surface area (Å²) in [6, 6.07) is 5.92. The molecular formula is C12H18NO2PS. The van der Waals surface area contributed by atoms with Gasteiger partial charge in [0.2, 0.25) is 5.91 Å². The topological polar surface area (TPSA) is 43.4 Å². The first kappa shape index (κ1) is 14.5. The largest absolute Gasteiger partial charge is 0.615 e. The Morgan fingerprint density at radius 2 is 2.18 bits per heavy atom. The first-order valence-corrected chi connectivity index (χ1v) is 8.18. The SMILES string of the molecule is CC(=O)N(C)c1ccc(C)c(CC[S+]([O-])P)c1. The van der Waals surface area contributed by atoms with Crippen LogP contribution in [0.5, 0.6) is 0 Å². The summed E-state index contributed by atoms with van der Waals surface area (Å²) in [6.07, 6.45) is 0.765. The molecule has 0 bridgehead atoms. The molecule has 0 heterocycles. The van der Waals surface area contributed by atoms with Gasteiger partial charge in [0.05, 0.1) is 8.44 Å². The molecule has 0 spiro atoms. The molecule has 0 N–H and O–H groups in total. The third-order valence-corrected chi connectivity index (χ3v) is 4.08. The lowest BCUT2D eigenvalue weighted by Crippen LogP contribution is -2.23. The van der Waals surface area contributed by atoms with Crippen molar-refractivity contribution in [3.8, 4) is 0 Å². The van der Waals surface area contributed by atoms with Gasteiger partial charge >= 0.3 is 0 Å². The molecule has 2 atom stereocenters. The predicted octanol–water partition coefficient (Wildman–Crippen LogP) is 2.06. The highest BCUT2D eigenvalue weighted by Crippen LogP contribution is 2.20. The molecule has 0 aliphatic carbocycles. The van der Waals surface area contributed by atoms with Crippen LogP contribution >= 0.6 is 8.44 Å². The Labute approximate surface area is 108 Å². The summed E-state index contributed by atoms with van der Waals surface area (Å²) in [5.41, 5.74) is 3.19. The van der Waals surface area contributed by atoms with Crippen LogP contribution in [0.1, 0.15) is 18.1 Å². The average molecular weight is 271 g/mol. The monoisotopic (exact) mass is 271 g/mol. The Balaban J connectivity index is 2.90. The maximum atomic E-state index is 11.3. The number of aryl methyl sites for hydroxylation is 2. The van der Waals surface area contributed by atoms with E-state index in [0.717, 1.165) is 17.7 Å². The second-order valence-corrected chi connectivity index (χ2v) is 6.77. The smallest absolute Gasteiger partial charge is 0.223 e. The summed E-state index contributed by atoms with van der Waals surface area (Å²) in [6.45, 7) is 3.57. The molecule has 0 saturated carbocycles. The van der Waals surface area contributed by atoms with E-state index < -0.39 is 10.8 Å². The number of nitrogens with zero attached hydrogens (tertiary/aromatic N) is 1. The van der Waals surface area contributed by atoms with E-state index in [1.54, 1.807) is 11.9 Å². The maximum Gasteiger partial charge on any atom is 0.223 e. The summed E-state index contributed by atoms with van der Waals surface area (Å²) < 4.78 is 11.1. The van der Waals surface area contributed by atoms with Crippen molar-refractivity contribution in [1.29, 1.82) is 0 Å². The van der Waals surface area contributed by atoms with Gasteiger partial charge in [-0.3, -0.25) is 4.79 Å². The van der Waals surface area contributed by atoms with Crippen LogP contribution in [0.15, 0.2) is 18.2 Å². The van der Waals surface area contributed by atoms with E-state index in [9.17, 15) is 9.35 Å². The molecule has 0 fully saturated rings. The summed E-state index contributed by atoms with van der Waals surface area (Å²) in [5, 5.41) is 0. The van der Waals surface area contributed by atoms with Crippen LogP contribution in [0.25, 0.3) is 0 Å². The fourth-order valence-electron chi connectivity index (χ4n) is 1.53. The van der Waals surface area contributed by atoms with Crippen molar-refractivity contribution in [2.75, 3.05) is 17.7 Å². The van der Waals surface area contributed by atoms with Gasteiger partial charge in [-0.05, 0) is 41.0 Å². The molecule has 0 aliphatic rings. The molecular weight excluding hydrogens is 253 g/mol. The molecule has 1 rings (SSSR count). The lowest BCUT2D eigenvalue weighted by atomic mass is 10.1. The number of benzene rings is 1. The normalized spacial score (nSPS) is 12.3. The predicted molar refractivity (Wildman–Crippen MR) is 76.7 cm³/mol. The number of anilines is 1. The van der Waals surface area contributed by atoms with Crippen LogP contribution in [-0.4, -0.2) is 23.3 Å². The first-order chi connectivity index (χ1) is 7.91. The van der Waals surface area contributed by atoms with Crippen molar-refractivity contribution < 1.29 is 9.35 Å². The molecule has 0 radical (unpaired) electrons. The Morgan fingerprint density at radius 1 is 1.53 bits per heavy atom. The Hall–Kier alpha value is -0.570. The number of rotatable bonds is 4. The molecule has 1 aromatic rings. The fourth-order valence-corrected chi connectivity index (χ4v) is 2.30. The minimum atomic E-state index is -0.864. The van der Waals surface area contributed by atoms with Crippen molar-refractivity contribution in [3.63, 3.8) is 0 Å². The quantitative estimate of drug-likeness (QED) is 0.621. The molecule has 17 heavy (non-hydrogen) atoms. The summed E-state index contributed by atoms with van der Waals surface area (Å²) in [5.74, 6) is 0.632.